The zero-order valence-corrected chi connectivity index (χ0v) is 12.8. The lowest BCUT2D eigenvalue weighted by atomic mass is 10.2. The summed E-state index contributed by atoms with van der Waals surface area (Å²) in [6.07, 6.45) is 3.14. The standard InChI is InChI=1S/C16H17BrN2O/c1-2-9-20-14-7-8-19(11-14)16-6-3-12-10-13(17)4-5-15(12)18-16/h2-6,10,14H,1,7-9,11H2. The third-order valence-electron chi connectivity index (χ3n) is 3.56. The van der Waals surface area contributed by atoms with Crippen molar-refractivity contribution < 1.29 is 4.74 Å². The van der Waals surface area contributed by atoms with E-state index in [0.29, 0.717) is 6.61 Å². The Morgan fingerprint density at radius 2 is 2.30 bits per heavy atom. The van der Waals surface area contributed by atoms with Crippen molar-refractivity contribution in [2.24, 2.45) is 0 Å². The van der Waals surface area contributed by atoms with Gasteiger partial charge in [-0.05, 0) is 36.8 Å². The predicted molar refractivity (Wildman–Crippen MR) is 86.2 cm³/mol. The smallest absolute Gasteiger partial charge is 0.129 e. The number of anilines is 1. The molecule has 0 spiro atoms. The van der Waals surface area contributed by atoms with Gasteiger partial charge >= 0.3 is 0 Å². The largest absolute Gasteiger partial charge is 0.372 e. The van der Waals surface area contributed by atoms with Gasteiger partial charge in [0.2, 0.25) is 0 Å². The molecule has 2 aromatic rings. The Bertz CT molecular complexity index is 629. The number of hydrogen-bond donors (Lipinski definition) is 0. The van der Waals surface area contributed by atoms with Crippen LogP contribution in [0.3, 0.4) is 0 Å². The number of ether oxygens (including phenoxy) is 1. The minimum Gasteiger partial charge on any atom is -0.372 e. The molecular weight excluding hydrogens is 316 g/mol. The average Bonchev–Trinajstić information content (AvgIpc) is 2.93. The van der Waals surface area contributed by atoms with Crippen molar-refractivity contribution in [2.75, 3.05) is 24.6 Å². The molecule has 0 saturated carbocycles. The fraction of sp³-hybridized carbons (Fsp3) is 0.312. The number of fused-ring (bicyclic) bond motifs is 1. The molecule has 1 atom stereocenters. The first kappa shape index (κ1) is 13.6. The van der Waals surface area contributed by atoms with Crippen molar-refractivity contribution in [3.63, 3.8) is 0 Å². The zero-order chi connectivity index (χ0) is 13.9. The van der Waals surface area contributed by atoms with Gasteiger partial charge in [0.15, 0.2) is 0 Å². The second kappa shape index (κ2) is 5.94. The second-order valence-corrected chi connectivity index (χ2v) is 5.90. The van der Waals surface area contributed by atoms with Crippen LogP contribution >= 0.6 is 15.9 Å². The van der Waals surface area contributed by atoms with E-state index in [1.807, 2.05) is 12.1 Å². The molecule has 0 radical (unpaired) electrons. The van der Waals surface area contributed by atoms with Gasteiger partial charge in [-0.3, -0.25) is 0 Å². The summed E-state index contributed by atoms with van der Waals surface area (Å²) >= 11 is 3.49. The monoisotopic (exact) mass is 332 g/mol. The van der Waals surface area contributed by atoms with Gasteiger partial charge in [0.05, 0.1) is 18.2 Å². The van der Waals surface area contributed by atoms with Crippen LogP contribution in [0.1, 0.15) is 6.42 Å². The number of aromatic nitrogens is 1. The summed E-state index contributed by atoms with van der Waals surface area (Å²) in [5.74, 6) is 1.03. The molecule has 4 heteroatoms. The molecule has 1 aromatic carbocycles. The number of pyridine rings is 1. The number of halogens is 1. The van der Waals surface area contributed by atoms with E-state index in [1.54, 1.807) is 6.08 Å². The van der Waals surface area contributed by atoms with Gasteiger partial charge in [-0.15, -0.1) is 6.58 Å². The van der Waals surface area contributed by atoms with Gasteiger partial charge in [0.1, 0.15) is 5.82 Å². The molecule has 1 saturated heterocycles. The molecule has 0 N–H and O–H groups in total. The summed E-state index contributed by atoms with van der Waals surface area (Å²) in [5, 5.41) is 1.15. The Balaban J connectivity index is 1.77. The van der Waals surface area contributed by atoms with Crippen molar-refractivity contribution in [2.45, 2.75) is 12.5 Å². The lowest BCUT2D eigenvalue weighted by molar-refractivity contribution is 0.0909. The van der Waals surface area contributed by atoms with E-state index in [1.165, 1.54) is 0 Å². The summed E-state index contributed by atoms with van der Waals surface area (Å²) in [4.78, 5) is 7.03. The summed E-state index contributed by atoms with van der Waals surface area (Å²) < 4.78 is 6.80. The first-order chi connectivity index (χ1) is 9.76. The van der Waals surface area contributed by atoms with E-state index in [4.69, 9.17) is 9.72 Å². The van der Waals surface area contributed by atoms with Gasteiger partial charge in [0.25, 0.3) is 0 Å². The quantitative estimate of drug-likeness (QED) is 0.797. The number of benzene rings is 1. The zero-order valence-electron chi connectivity index (χ0n) is 11.3. The number of rotatable bonds is 4. The van der Waals surface area contributed by atoms with Gasteiger partial charge in [0, 0.05) is 22.9 Å². The van der Waals surface area contributed by atoms with E-state index in [2.05, 4.69) is 45.6 Å². The second-order valence-electron chi connectivity index (χ2n) is 4.99. The SMILES string of the molecule is C=CCOC1CCN(c2ccc3cc(Br)ccc3n2)C1. The van der Waals surface area contributed by atoms with E-state index in [-0.39, 0.29) is 6.10 Å². The molecule has 3 nitrogen and oxygen atoms in total. The lowest BCUT2D eigenvalue weighted by Crippen LogP contribution is -2.23. The van der Waals surface area contributed by atoms with Crippen LogP contribution in [0.5, 0.6) is 0 Å². The summed E-state index contributed by atoms with van der Waals surface area (Å²) in [5.41, 5.74) is 1.03. The highest BCUT2D eigenvalue weighted by molar-refractivity contribution is 9.10. The van der Waals surface area contributed by atoms with Gasteiger partial charge in [-0.2, -0.15) is 0 Å². The highest BCUT2D eigenvalue weighted by Crippen LogP contribution is 2.24. The van der Waals surface area contributed by atoms with Crippen LogP contribution in [-0.4, -0.2) is 30.8 Å². The molecule has 1 aliphatic heterocycles. The summed E-state index contributed by atoms with van der Waals surface area (Å²) in [6.45, 7) is 6.21. The topological polar surface area (TPSA) is 25.4 Å². The Labute approximate surface area is 127 Å². The predicted octanol–water partition coefficient (Wildman–Crippen LogP) is 3.78. The molecule has 104 valence electrons. The maximum Gasteiger partial charge on any atom is 0.129 e. The Hall–Kier alpha value is -1.39. The maximum atomic E-state index is 5.71. The van der Waals surface area contributed by atoms with Crippen molar-refractivity contribution >= 4 is 32.7 Å². The summed E-state index contributed by atoms with van der Waals surface area (Å²) in [7, 11) is 0. The Kier molecular flexibility index (Phi) is 4.03. The van der Waals surface area contributed by atoms with Crippen LogP contribution in [0.25, 0.3) is 10.9 Å². The van der Waals surface area contributed by atoms with Gasteiger partial charge in [-0.25, -0.2) is 4.98 Å². The molecule has 0 aliphatic carbocycles. The number of nitrogens with zero attached hydrogens (tertiary/aromatic N) is 2. The Morgan fingerprint density at radius 1 is 1.40 bits per heavy atom. The molecule has 0 amide bonds. The molecular formula is C16H17BrN2O. The minimum absolute atomic E-state index is 0.287. The highest BCUT2D eigenvalue weighted by atomic mass is 79.9. The fourth-order valence-corrected chi connectivity index (χ4v) is 2.92. The van der Waals surface area contributed by atoms with E-state index in [9.17, 15) is 0 Å². The first-order valence-electron chi connectivity index (χ1n) is 6.80. The van der Waals surface area contributed by atoms with Crippen LogP contribution < -0.4 is 4.90 Å². The lowest BCUT2D eigenvalue weighted by Gasteiger charge is -2.18. The molecule has 2 heterocycles. The molecule has 1 aliphatic rings. The van der Waals surface area contributed by atoms with Gasteiger partial charge in [-0.1, -0.05) is 22.0 Å². The summed E-state index contributed by atoms with van der Waals surface area (Å²) in [6, 6.07) is 10.4. The molecule has 1 aromatic heterocycles. The molecule has 20 heavy (non-hydrogen) atoms. The van der Waals surface area contributed by atoms with Crippen LogP contribution in [0.4, 0.5) is 5.82 Å². The van der Waals surface area contributed by atoms with Crippen molar-refractivity contribution in [1.29, 1.82) is 0 Å². The first-order valence-corrected chi connectivity index (χ1v) is 7.59. The van der Waals surface area contributed by atoms with E-state index in [0.717, 1.165) is 40.7 Å². The Morgan fingerprint density at radius 3 is 3.15 bits per heavy atom. The maximum absolute atomic E-state index is 5.71. The fourth-order valence-electron chi connectivity index (χ4n) is 2.54. The molecule has 3 rings (SSSR count). The molecule has 1 fully saturated rings. The molecule has 0 bridgehead atoms. The van der Waals surface area contributed by atoms with Crippen LogP contribution in [0.2, 0.25) is 0 Å². The third-order valence-corrected chi connectivity index (χ3v) is 4.05. The third kappa shape index (κ3) is 2.86. The minimum atomic E-state index is 0.287. The van der Waals surface area contributed by atoms with E-state index < -0.39 is 0 Å². The van der Waals surface area contributed by atoms with Crippen LogP contribution in [0.15, 0.2) is 47.5 Å². The van der Waals surface area contributed by atoms with Crippen molar-refractivity contribution in [3.05, 3.63) is 47.5 Å². The average molecular weight is 333 g/mol. The van der Waals surface area contributed by atoms with Crippen LogP contribution in [-0.2, 0) is 4.74 Å². The highest BCUT2D eigenvalue weighted by Gasteiger charge is 2.23. The van der Waals surface area contributed by atoms with Gasteiger partial charge < -0.3 is 9.64 Å². The van der Waals surface area contributed by atoms with Crippen molar-refractivity contribution in [1.82, 2.24) is 4.98 Å². The normalized spacial score (nSPS) is 18.6. The van der Waals surface area contributed by atoms with Crippen molar-refractivity contribution in [3.8, 4) is 0 Å². The van der Waals surface area contributed by atoms with E-state index >= 15 is 0 Å². The van der Waals surface area contributed by atoms with Crippen LogP contribution in [0, 0.1) is 0 Å². The number of hydrogen-bond acceptors (Lipinski definition) is 3. The molecule has 1 unspecified atom stereocenters.